The third-order valence-corrected chi connectivity index (χ3v) is 5.68. The normalized spacial score (nSPS) is 15.7. The molecule has 8 heteroatoms. The Morgan fingerprint density at radius 3 is 2.50 bits per heavy atom. The Hall–Kier alpha value is -3.00. The van der Waals surface area contributed by atoms with Crippen molar-refractivity contribution in [1.82, 2.24) is 4.57 Å². The van der Waals surface area contributed by atoms with E-state index in [1.54, 1.807) is 26.5 Å². The van der Waals surface area contributed by atoms with E-state index in [2.05, 4.69) is 25.9 Å². The highest BCUT2D eigenvalue weighted by Gasteiger charge is 2.34. The number of carboxylic acid groups (broad SMARTS) is 1. The molecule has 1 N–H and O–H groups in total. The largest absolute Gasteiger partial charge is 0.493 e. The lowest BCUT2D eigenvalue weighted by Crippen LogP contribution is -2.33. The highest BCUT2D eigenvalue weighted by Crippen LogP contribution is 2.45. The second kappa shape index (κ2) is 9.65. The lowest BCUT2D eigenvalue weighted by molar-refractivity contribution is 0.0691. The van der Waals surface area contributed by atoms with Crippen LogP contribution in [0.25, 0.3) is 11.3 Å². The zero-order valence-electron chi connectivity index (χ0n) is 19.6. The summed E-state index contributed by atoms with van der Waals surface area (Å²) in [6, 6.07) is 5.78. The van der Waals surface area contributed by atoms with Crippen LogP contribution in [-0.4, -0.2) is 50.2 Å². The Morgan fingerprint density at radius 1 is 1.16 bits per heavy atom. The van der Waals surface area contributed by atoms with E-state index >= 15 is 0 Å². The van der Waals surface area contributed by atoms with Gasteiger partial charge in [0.2, 0.25) is 0 Å². The molecule has 174 valence electrons. The van der Waals surface area contributed by atoms with Crippen LogP contribution in [0.2, 0.25) is 0 Å². The number of ether oxygens (including phenoxy) is 3. The molecule has 0 amide bonds. The van der Waals surface area contributed by atoms with Crippen LogP contribution in [0.4, 0.5) is 0 Å². The van der Waals surface area contributed by atoms with Crippen molar-refractivity contribution >= 4 is 5.97 Å². The van der Waals surface area contributed by atoms with Gasteiger partial charge in [0, 0.05) is 37.9 Å². The predicted octanol–water partition coefficient (Wildman–Crippen LogP) is 3.88. The Labute approximate surface area is 188 Å². The molecule has 0 spiro atoms. The Bertz CT molecular complexity index is 1050. The molecular weight excluding hydrogens is 412 g/mol. The summed E-state index contributed by atoms with van der Waals surface area (Å²) in [7, 11) is 4.68. The SMILES string of the molecule is COCCCOc1cc2c(cc1OC)-c1cc(=NOC)c(C(=O)O)cn1C(C(C)(C)C)C2. The number of aromatic nitrogens is 1. The predicted molar refractivity (Wildman–Crippen MR) is 120 cm³/mol. The van der Waals surface area contributed by atoms with Crippen molar-refractivity contribution in [1.29, 1.82) is 0 Å². The third kappa shape index (κ3) is 4.75. The first-order chi connectivity index (χ1) is 15.2. The summed E-state index contributed by atoms with van der Waals surface area (Å²) in [4.78, 5) is 16.8. The topological polar surface area (TPSA) is 91.5 Å². The molecule has 32 heavy (non-hydrogen) atoms. The molecule has 1 atom stereocenters. The lowest BCUT2D eigenvalue weighted by Gasteiger charge is -2.39. The molecule has 1 aromatic heterocycles. The van der Waals surface area contributed by atoms with Crippen LogP contribution in [-0.2, 0) is 16.0 Å². The monoisotopic (exact) mass is 444 g/mol. The van der Waals surface area contributed by atoms with Crippen LogP contribution >= 0.6 is 0 Å². The summed E-state index contributed by atoms with van der Waals surface area (Å²) in [6.45, 7) is 7.61. The minimum absolute atomic E-state index is 0.0365. The molecular formula is C24H32N2O6. The van der Waals surface area contributed by atoms with Gasteiger partial charge in [-0.1, -0.05) is 25.9 Å². The average molecular weight is 445 g/mol. The van der Waals surface area contributed by atoms with Gasteiger partial charge in [0.25, 0.3) is 0 Å². The number of carboxylic acids is 1. The minimum Gasteiger partial charge on any atom is -0.493 e. The smallest absolute Gasteiger partial charge is 0.339 e. The van der Waals surface area contributed by atoms with Crippen LogP contribution in [0.15, 0.2) is 29.6 Å². The molecule has 0 bridgehead atoms. The van der Waals surface area contributed by atoms with E-state index in [1.807, 2.05) is 16.7 Å². The van der Waals surface area contributed by atoms with E-state index < -0.39 is 5.97 Å². The maximum Gasteiger partial charge on any atom is 0.339 e. The number of hydrogen-bond acceptors (Lipinski definition) is 6. The van der Waals surface area contributed by atoms with Crippen molar-refractivity contribution in [3.8, 4) is 22.8 Å². The first kappa shape index (κ1) is 23.7. The summed E-state index contributed by atoms with van der Waals surface area (Å²) < 4.78 is 18.7. The van der Waals surface area contributed by atoms with Gasteiger partial charge in [-0.05, 0) is 35.6 Å². The van der Waals surface area contributed by atoms with Crippen molar-refractivity contribution in [2.45, 2.75) is 39.7 Å². The van der Waals surface area contributed by atoms with Gasteiger partial charge in [-0.2, -0.15) is 0 Å². The minimum atomic E-state index is -1.05. The van der Waals surface area contributed by atoms with E-state index in [1.165, 1.54) is 7.11 Å². The molecule has 1 aliphatic rings. The van der Waals surface area contributed by atoms with Crippen molar-refractivity contribution in [2.24, 2.45) is 10.6 Å². The quantitative estimate of drug-likeness (QED) is 0.491. The first-order valence-electron chi connectivity index (χ1n) is 10.6. The number of hydrogen-bond donors (Lipinski definition) is 1. The number of benzene rings is 1. The molecule has 1 aliphatic heterocycles. The molecule has 2 heterocycles. The number of carbonyl (C=O) groups is 1. The van der Waals surface area contributed by atoms with Crippen molar-refractivity contribution < 1.29 is 28.9 Å². The van der Waals surface area contributed by atoms with E-state index in [9.17, 15) is 9.90 Å². The fraction of sp³-hybridized carbons (Fsp3) is 0.500. The van der Waals surface area contributed by atoms with Gasteiger partial charge in [0.1, 0.15) is 18.0 Å². The standard InChI is InChI=1S/C24H32N2O6/c1-24(2,3)22-11-15-10-21(32-9-7-8-29-4)20(30-5)12-16(15)19-13-18(25-31-6)17(23(27)28)14-26(19)22/h10,12-14,22H,7-9,11H2,1-6H3,(H,27,28). The first-order valence-corrected chi connectivity index (χ1v) is 10.6. The van der Waals surface area contributed by atoms with Gasteiger partial charge in [-0.15, -0.1) is 0 Å². The zero-order chi connectivity index (χ0) is 23.5. The van der Waals surface area contributed by atoms with Crippen molar-refractivity contribution in [3.63, 3.8) is 0 Å². The summed E-state index contributed by atoms with van der Waals surface area (Å²) in [6.07, 6.45) is 3.17. The zero-order valence-corrected chi connectivity index (χ0v) is 19.6. The van der Waals surface area contributed by atoms with Gasteiger partial charge in [-0.3, -0.25) is 0 Å². The number of methoxy groups -OCH3 is 2. The Morgan fingerprint density at radius 2 is 1.91 bits per heavy atom. The van der Waals surface area contributed by atoms with Crippen LogP contribution < -0.4 is 14.8 Å². The fourth-order valence-corrected chi connectivity index (χ4v) is 4.07. The second-order valence-electron chi connectivity index (χ2n) is 8.88. The third-order valence-electron chi connectivity index (χ3n) is 5.68. The molecule has 0 fully saturated rings. The fourth-order valence-electron chi connectivity index (χ4n) is 4.07. The van der Waals surface area contributed by atoms with Gasteiger partial charge >= 0.3 is 5.97 Å². The number of nitrogens with zero attached hydrogens (tertiary/aromatic N) is 2. The van der Waals surface area contributed by atoms with Gasteiger partial charge in [0.15, 0.2) is 11.5 Å². The van der Waals surface area contributed by atoms with Crippen LogP contribution in [0.5, 0.6) is 11.5 Å². The number of fused-ring (bicyclic) bond motifs is 3. The number of rotatable bonds is 8. The maximum atomic E-state index is 11.9. The summed E-state index contributed by atoms with van der Waals surface area (Å²) in [5, 5.41) is 14.0. The van der Waals surface area contributed by atoms with Crippen molar-refractivity contribution in [2.75, 3.05) is 34.5 Å². The Balaban J connectivity index is 2.20. The van der Waals surface area contributed by atoms with Gasteiger partial charge in [-0.25, -0.2) is 4.79 Å². The molecule has 0 saturated carbocycles. The molecule has 2 aromatic rings. The summed E-state index contributed by atoms with van der Waals surface area (Å²) in [5.41, 5.74) is 2.90. The highest BCUT2D eigenvalue weighted by molar-refractivity contribution is 5.87. The molecule has 1 aromatic carbocycles. The summed E-state index contributed by atoms with van der Waals surface area (Å²) >= 11 is 0. The van der Waals surface area contributed by atoms with Crippen LogP contribution in [0.3, 0.4) is 0 Å². The number of pyridine rings is 1. The Kier molecular flexibility index (Phi) is 7.13. The van der Waals surface area contributed by atoms with E-state index in [0.717, 1.165) is 29.7 Å². The van der Waals surface area contributed by atoms with Crippen molar-refractivity contribution in [3.05, 3.63) is 40.9 Å². The molecule has 3 rings (SSSR count). The lowest BCUT2D eigenvalue weighted by atomic mass is 9.78. The highest BCUT2D eigenvalue weighted by atomic mass is 16.6. The van der Waals surface area contributed by atoms with Gasteiger partial charge < -0.3 is 28.7 Å². The van der Waals surface area contributed by atoms with E-state index in [0.29, 0.717) is 24.7 Å². The molecule has 1 unspecified atom stereocenters. The second-order valence-corrected chi connectivity index (χ2v) is 8.88. The van der Waals surface area contributed by atoms with Crippen LogP contribution in [0, 0.1) is 5.41 Å². The average Bonchev–Trinajstić information content (AvgIpc) is 2.74. The molecule has 0 radical (unpaired) electrons. The molecule has 0 aliphatic carbocycles. The van der Waals surface area contributed by atoms with Crippen LogP contribution in [0.1, 0.15) is 49.2 Å². The number of aromatic carboxylic acids is 1. The van der Waals surface area contributed by atoms with Gasteiger partial charge in [0.05, 0.1) is 19.4 Å². The molecule has 8 nitrogen and oxygen atoms in total. The molecule has 0 saturated heterocycles. The maximum absolute atomic E-state index is 11.9. The summed E-state index contributed by atoms with van der Waals surface area (Å²) in [5.74, 6) is 0.258. The van der Waals surface area contributed by atoms with E-state index in [4.69, 9.17) is 19.0 Å². The van der Waals surface area contributed by atoms with E-state index in [-0.39, 0.29) is 22.4 Å².